The number of fused-ring (bicyclic) bond motifs is 1. The molecular weight excluding hydrogens is 422 g/mol. The molecule has 2 aromatic heterocycles. The third kappa shape index (κ3) is 4.12. The zero-order valence-electron chi connectivity index (χ0n) is 18.2. The van der Waals surface area contributed by atoms with Crippen LogP contribution in [0, 0.1) is 22.7 Å². The number of hydrogen-bond donors (Lipinski definition) is 1. The van der Waals surface area contributed by atoms with E-state index in [4.69, 9.17) is 15.2 Å². The minimum absolute atomic E-state index is 0.367. The Labute approximate surface area is 191 Å². The van der Waals surface area contributed by atoms with E-state index in [2.05, 4.69) is 17.1 Å². The van der Waals surface area contributed by atoms with Crippen molar-refractivity contribution < 1.29 is 9.47 Å². The van der Waals surface area contributed by atoms with Crippen molar-refractivity contribution in [1.82, 2.24) is 9.38 Å². The van der Waals surface area contributed by atoms with Gasteiger partial charge in [-0.15, -0.1) is 11.8 Å². The maximum Gasteiger partial charge on any atom is 0.141 e. The standard InChI is InChI=1S/C24H25N5O2S/c1-30-18-10-17(12-25)29-20(14-28-23(29)11-18)16-8-21(19(13-26)22(9-16)32-2)31-15-24(27)6-4-3-5-7-24/h8-11,14H,3-7,15,27H2,1-2H3. The molecule has 0 unspecified atom stereocenters. The molecule has 1 fully saturated rings. The number of pyridine rings is 1. The fraction of sp³-hybridized carbons (Fsp3) is 0.375. The molecule has 1 aromatic carbocycles. The van der Waals surface area contributed by atoms with Crippen molar-refractivity contribution >= 4 is 17.4 Å². The summed E-state index contributed by atoms with van der Waals surface area (Å²) >= 11 is 1.48. The van der Waals surface area contributed by atoms with E-state index in [1.807, 2.05) is 18.4 Å². The second-order valence-electron chi connectivity index (χ2n) is 8.10. The first kappa shape index (κ1) is 22.0. The van der Waals surface area contributed by atoms with Crippen LogP contribution >= 0.6 is 11.8 Å². The third-order valence-corrected chi connectivity index (χ3v) is 6.75. The van der Waals surface area contributed by atoms with Gasteiger partial charge in [0.2, 0.25) is 0 Å². The van der Waals surface area contributed by atoms with Gasteiger partial charge in [0.1, 0.15) is 47.1 Å². The molecule has 3 aromatic rings. The number of benzene rings is 1. The molecule has 0 aliphatic heterocycles. The summed E-state index contributed by atoms with van der Waals surface area (Å²) in [7, 11) is 1.56. The molecule has 2 heterocycles. The lowest BCUT2D eigenvalue weighted by Gasteiger charge is -2.33. The Kier molecular flexibility index (Phi) is 6.27. The quantitative estimate of drug-likeness (QED) is 0.553. The van der Waals surface area contributed by atoms with E-state index in [1.54, 1.807) is 29.8 Å². The normalized spacial score (nSPS) is 15.2. The molecule has 4 rings (SSSR count). The van der Waals surface area contributed by atoms with Crippen molar-refractivity contribution in [2.24, 2.45) is 5.73 Å². The van der Waals surface area contributed by atoms with Gasteiger partial charge in [-0.2, -0.15) is 10.5 Å². The van der Waals surface area contributed by atoms with Crippen molar-refractivity contribution in [2.45, 2.75) is 42.5 Å². The second kappa shape index (κ2) is 9.12. The number of nitrogens with zero attached hydrogens (tertiary/aromatic N) is 4. The van der Waals surface area contributed by atoms with E-state index >= 15 is 0 Å². The maximum absolute atomic E-state index is 9.82. The van der Waals surface area contributed by atoms with Gasteiger partial charge in [0.15, 0.2) is 0 Å². The third-order valence-electron chi connectivity index (χ3n) is 5.99. The Morgan fingerprint density at radius 1 is 1.16 bits per heavy atom. The van der Waals surface area contributed by atoms with E-state index in [0.717, 1.165) is 41.8 Å². The topological polar surface area (TPSA) is 109 Å². The van der Waals surface area contributed by atoms with Crippen LogP contribution in [0.2, 0.25) is 0 Å². The van der Waals surface area contributed by atoms with E-state index < -0.39 is 0 Å². The van der Waals surface area contributed by atoms with Gasteiger partial charge in [-0.25, -0.2) is 4.98 Å². The predicted octanol–water partition coefficient (Wildman–Crippen LogP) is 4.52. The highest BCUT2D eigenvalue weighted by molar-refractivity contribution is 7.98. The lowest BCUT2D eigenvalue weighted by Crippen LogP contribution is -2.47. The SMILES string of the molecule is COc1cc(C#N)n2c(-c3cc(OCC4(N)CCCCC4)c(C#N)c(SC)c3)cnc2c1. The number of hydrogen-bond acceptors (Lipinski definition) is 7. The molecule has 8 heteroatoms. The van der Waals surface area contributed by atoms with Crippen LogP contribution in [0.1, 0.15) is 43.4 Å². The van der Waals surface area contributed by atoms with Gasteiger partial charge in [0, 0.05) is 22.6 Å². The van der Waals surface area contributed by atoms with Crippen LogP contribution < -0.4 is 15.2 Å². The first-order chi connectivity index (χ1) is 15.5. The Bertz CT molecular complexity index is 1230. The summed E-state index contributed by atoms with van der Waals surface area (Å²) in [4.78, 5) is 5.27. The van der Waals surface area contributed by atoms with Crippen LogP contribution in [0.15, 0.2) is 35.4 Å². The highest BCUT2D eigenvalue weighted by atomic mass is 32.2. The summed E-state index contributed by atoms with van der Waals surface area (Å²) in [6.45, 7) is 0.368. The summed E-state index contributed by atoms with van der Waals surface area (Å²) in [5.41, 5.74) is 9.27. The van der Waals surface area contributed by atoms with E-state index in [9.17, 15) is 10.5 Å². The Morgan fingerprint density at radius 3 is 2.59 bits per heavy atom. The molecule has 0 saturated heterocycles. The van der Waals surface area contributed by atoms with Crippen molar-refractivity contribution in [2.75, 3.05) is 20.0 Å². The van der Waals surface area contributed by atoms with Crippen LogP contribution in [0.5, 0.6) is 11.5 Å². The average Bonchev–Trinajstić information content (AvgIpc) is 3.26. The lowest BCUT2D eigenvalue weighted by molar-refractivity contribution is 0.173. The molecule has 0 bridgehead atoms. The van der Waals surface area contributed by atoms with Gasteiger partial charge in [0.05, 0.1) is 24.5 Å². The molecule has 0 spiro atoms. The second-order valence-corrected chi connectivity index (χ2v) is 8.95. The Morgan fingerprint density at radius 2 is 1.94 bits per heavy atom. The zero-order valence-corrected chi connectivity index (χ0v) is 19.0. The van der Waals surface area contributed by atoms with Gasteiger partial charge >= 0.3 is 0 Å². The maximum atomic E-state index is 9.82. The van der Waals surface area contributed by atoms with Crippen molar-refractivity contribution in [3.8, 4) is 34.9 Å². The summed E-state index contributed by atoms with van der Waals surface area (Å²) in [5, 5.41) is 19.5. The predicted molar refractivity (Wildman–Crippen MR) is 124 cm³/mol. The van der Waals surface area contributed by atoms with Crippen LogP contribution in [0.25, 0.3) is 16.9 Å². The number of methoxy groups -OCH3 is 1. The van der Waals surface area contributed by atoms with Crippen molar-refractivity contribution in [3.05, 3.63) is 41.7 Å². The number of nitriles is 2. The molecule has 7 nitrogen and oxygen atoms in total. The number of aromatic nitrogens is 2. The molecule has 1 aliphatic rings. The van der Waals surface area contributed by atoms with Crippen molar-refractivity contribution in [1.29, 1.82) is 10.5 Å². The van der Waals surface area contributed by atoms with Gasteiger partial charge in [-0.1, -0.05) is 19.3 Å². The first-order valence-corrected chi connectivity index (χ1v) is 11.7. The van der Waals surface area contributed by atoms with E-state index in [1.165, 1.54) is 18.2 Å². The summed E-state index contributed by atoms with van der Waals surface area (Å²) in [6.07, 6.45) is 8.89. The number of thioether (sulfide) groups is 1. The molecule has 164 valence electrons. The summed E-state index contributed by atoms with van der Waals surface area (Å²) < 4.78 is 13.3. The van der Waals surface area contributed by atoms with Crippen LogP contribution in [-0.4, -0.2) is 34.9 Å². The summed E-state index contributed by atoms with van der Waals surface area (Å²) in [5.74, 6) is 1.08. The molecule has 0 atom stereocenters. The summed E-state index contributed by atoms with van der Waals surface area (Å²) in [6, 6.07) is 11.7. The van der Waals surface area contributed by atoms with E-state index in [-0.39, 0.29) is 5.54 Å². The molecule has 1 saturated carbocycles. The molecule has 2 N–H and O–H groups in total. The van der Waals surface area contributed by atoms with Crippen LogP contribution in [0.4, 0.5) is 0 Å². The lowest BCUT2D eigenvalue weighted by atomic mass is 9.83. The fourth-order valence-corrected chi connectivity index (χ4v) is 4.83. The van der Waals surface area contributed by atoms with Crippen LogP contribution in [0.3, 0.4) is 0 Å². The monoisotopic (exact) mass is 447 g/mol. The van der Waals surface area contributed by atoms with Gasteiger partial charge in [-0.05, 0) is 31.2 Å². The minimum Gasteiger partial charge on any atom is -0.497 e. The molecular formula is C24H25N5O2S. The number of rotatable bonds is 6. The van der Waals surface area contributed by atoms with Crippen molar-refractivity contribution in [3.63, 3.8) is 0 Å². The largest absolute Gasteiger partial charge is 0.497 e. The molecule has 0 amide bonds. The van der Waals surface area contributed by atoms with Gasteiger partial charge in [-0.3, -0.25) is 4.40 Å². The van der Waals surface area contributed by atoms with Crippen LogP contribution in [-0.2, 0) is 0 Å². The number of ether oxygens (including phenoxy) is 2. The number of nitrogens with two attached hydrogens (primary N) is 1. The Hall–Kier alpha value is -3.20. The zero-order chi connectivity index (χ0) is 22.7. The molecule has 1 aliphatic carbocycles. The Balaban J connectivity index is 1.79. The van der Waals surface area contributed by atoms with E-state index in [0.29, 0.717) is 35.0 Å². The van der Waals surface area contributed by atoms with Gasteiger partial charge < -0.3 is 15.2 Å². The smallest absolute Gasteiger partial charge is 0.141 e. The highest BCUT2D eigenvalue weighted by Crippen LogP contribution is 2.36. The molecule has 0 radical (unpaired) electrons. The number of imidazole rings is 1. The highest BCUT2D eigenvalue weighted by Gasteiger charge is 2.29. The average molecular weight is 448 g/mol. The first-order valence-electron chi connectivity index (χ1n) is 10.5. The molecule has 32 heavy (non-hydrogen) atoms. The fourth-order valence-electron chi connectivity index (χ4n) is 4.24. The minimum atomic E-state index is -0.367. The van der Waals surface area contributed by atoms with Gasteiger partial charge in [0.25, 0.3) is 0 Å².